The fourth-order valence-corrected chi connectivity index (χ4v) is 2.28. The van der Waals surface area contributed by atoms with Gasteiger partial charge in [0.15, 0.2) is 0 Å². The topological polar surface area (TPSA) is 3.24 Å². The fourth-order valence-electron chi connectivity index (χ4n) is 2.06. The van der Waals surface area contributed by atoms with Crippen LogP contribution in [-0.4, -0.2) is 30.3 Å². The molecule has 0 aliphatic carbocycles. The van der Waals surface area contributed by atoms with E-state index in [-0.39, 0.29) is 0 Å². The molecule has 0 saturated carbocycles. The highest BCUT2D eigenvalue weighted by atomic mass is 32.1. The minimum Gasteiger partial charge on any atom is -0.303 e. The van der Waals surface area contributed by atoms with Gasteiger partial charge in [0.05, 0.1) is 0 Å². The van der Waals surface area contributed by atoms with Crippen molar-refractivity contribution < 1.29 is 0 Å². The van der Waals surface area contributed by atoms with Crippen molar-refractivity contribution in [3.05, 3.63) is 0 Å². The van der Waals surface area contributed by atoms with Gasteiger partial charge < -0.3 is 4.90 Å². The Morgan fingerprint density at radius 2 is 1.69 bits per heavy atom. The number of thiol groups is 1. The Balaban J connectivity index is 2.03. The van der Waals surface area contributed by atoms with Crippen LogP contribution in [0, 0.1) is 11.8 Å². The van der Waals surface area contributed by atoms with E-state index in [4.69, 9.17) is 0 Å². The van der Waals surface area contributed by atoms with Crippen molar-refractivity contribution in [2.75, 3.05) is 25.4 Å². The highest BCUT2D eigenvalue weighted by Crippen LogP contribution is 2.22. The van der Waals surface area contributed by atoms with Crippen LogP contribution in [0.2, 0.25) is 0 Å². The van der Waals surface area contributed by atoms with Gasteiger partial charge in [0.25, 0.3) is 0 Å². The highest BCUT2D eigenvalue weighted by molar-refractivity contribution is 7.80. The van der Waals surface area contributed by atoms with Crippen molar-refractivity contribution in [2.45, 2.75) is 33.1 Å². The quantitative estimate of drug-likeness (QED) is 0.529. The molecule has 1 heterocycles. The van der Waals surface area contributed by atoms with E-state index < -0.39 is 0 Å². The molecule has 1 aliphatic heterocycles. The molecule has 0 aromatic carbocycles. The summed E-state index contributed by atoms with van der Waals surface area (Å²) in [5.74, 6) is 2.86. The second-order valence-corrected chi connectivity index (χ2v) is 4.95. The molecule has 2 atom stereocenters. The Kier molecular flexibility index (Phi) is 5.18. The van der Waals surface area contributed by atoms with E-state index in [2.05, 4.69) is 31.4 Å². The molecule has 1 saturated heterocycles. The van der Waals surface area contributed by atoms with Crippen LogP contribution in [0.1, 0.15) is 33.1 Å². The van der Waals surface area contributed by atoms with Crippen molar-refractivity contribution >= 4 is 12.6 Å². The zero-order valence-electron chi connectivity index (χ0n) is 9.00. The monoisotopic (exact) mass is 201 g/mol. The number of hydrogen-bond acceptors (Lipinski definition) is 2. The average molecular weight is 201 g/mol. The van der Waals surface area contributed by atoms with Gasteiger partial charge in [-0.2, -0.15) is 12.6 Å². The molecule has 2 unspecified atom stereocenters. The standard InChI is InChI=1S/C11H23NS/c1-10-8-12(9-11(10)2)6-4-3-5-7-13/h10-11,13H,3-9H2,1-2H3. The van der Waals surface area contributed by atoms with E-state index in [1.165, 1.54) is 38.9 Å². The van der Waals surface area contributed by atoms with Gasteiger partial charge in [0.1, 0.15) is 0 Å². The molecule has 1 rings (SSSR count). The molecule has 2 heteroatoms. The zero-order valence-corrected chi connectivity index (χ0v) is 9.89. The van der Waals surface area contributed by atoms with E-state index >= 15 is 0 Å². The van der Waals surface area contributed by atoms with Gasteiger partial charge in [-0.05, 0) is 37.0 Å². The van der Waals surface area contributed by atoms with Crippen LogP contribution in [-0.2, 0) is 0 Å². The minimum absolute atomic E-state index is 0.907. The van der Waals surface area contributed by atoms with E-state index in [1.54, 1.807) is 0 Å². The lowest BCUT2D eigenvalue weighted by atomic mass is 10.0. The summed E-state index contributed by atoms with van der Waals surface area (Å²) in [5.41, 5.74) is 0. The molecule has 0 aromatic heterocycles. The second kappa shape index (κ2) is 5.92. The third kappa shape index (κ3) is 3.90. The molecule has 0 spiro atoms. The van der Waals surface area contributed by atoms with Crippen LogP contribution in [0.15, 0.2) is 0 Å². The Hall–Kier alpha value is 0.310. The Morgan fingerprint density at radius 1 is 1.08 bits per heavy atom. The van der Waals surface area contributed by atoms with Gasteiger partial charge in [0.2, 0.25) is 0 Å². The molecule has 78 valence electrons. The van der Waals surface area contributed by atoms with E-state index in [1.807, 2.05) is 0 Å². The number of nitrogens with zero attached hydrogens (tertiary/aromatic N) is 1. The summed E-state index contributed by atoms with van der Waals surface area (Å²) in [6, 6.07) is 0. The first kappa shape index (κ1) is 11.4. The number of likely N-dealkylation sites (tertiary alicyclic amines) is 1. The van der Waals surface area contributed by atoms with E-state index in [0.29, 0.717) is 0 Å². The lowest BCUT2D eigenvalue weighted by Gasteiger charge is -2.14. The summed E-state index contributed by atoms with van der Waals surface area (Å²) in [5, 5.41) is 0. The normalized spacial score (nSPS) is 29.8. The Bertz CT molecular complexity index is 128. The van der Waals surface area contributed by atoms with Crippen LogP contribution in [0.3, 0.4) is 0 Å². The van der Waals surface area contributed by atoms with Crippen molar-refractivity contribution in [1.82, 2.24) is 4.90 Å². The predicted molar refractivity (Wildman–Crippen MR) is 62.5 cm³/mol. The van der Waals surface area contributed by atoms with Crippen LogP contribution >= 0.6 is 12.6 Å². The minimum atomic E-state index is 0.907. The van der Waals surface area contributed by atoms with Gasteiger partial charge in [0, 0.05) is 13.1 Å². The van der Waals surface area contributed by atoms with Crippen LogP contribution in [0.25, 0.3) is 0 Å². The Morgan fingerprint density at radius 3 is 2.23 bits per heavy atom. The summed E-state index contributed by atoms with van der Waals surface area (Å²) < 4.78 is 0. The van der Waals surface area contributed by atoms with Crippen LogP contribution in [0.4, 0.5) is 0 Å². The van der Waals surface area contributed by atoms with Crippen molar-refractivity contribution in [3.63, 3.8) is 0 Å². The summed E-state index contributed by atoms with van der Waals surface area (Å²) in [6.45, 7) is 8.70. The first-order valence-corrected chi connectivity index (χ1v) is 6.20. The first-order chi connectivity index (χ1) is 6.24. The summed E-state index contributed by atoms with van der Waals surface area (Å²) in [7, 11) is 0. The highest BCUT2D eigenvalue weighted by Gasteiger charge is 2.24. The smallest absolute Gasteiger partial charge is 0.00102 e. The number of hydrogen-bond donors (Lipinski definition) is 1. The van der Waals surface area contributed by atoms with Gasteiger partial charge in [-0.15, -0.1) is 0 Å². The van der Waals surface area contributed by atoms with Crippen molar-refractivity contribution in [3.8, 4) is 0 Å². The second-order valence-electron chi connectivity index (χ2n) is 4.50. The molecule has 0 bridgehead atoms. The van der Waals surface area contributed by atoms with Crippen molar-refractivity contribution in [1.29, 1.82) is 0 Å². The van der Waals surface area contributed by atoms with E-state index in [9.17, 15) is 0 Å². The molecule has 1 fully saturated rings. The zero-order chi connectivity index (χ0) is 9.68. The maximum atomic E-state index is 4.22. The lowest BCUT2D eigenvalue weighted by molar-refractivity contribution is 0.315. The maximum absolute atomic E-state index is 4.22. The predicted octanol–water partition coefficient (Wildman–Crippen LogP) is 2.67. The molecule has 0 radical (unpaired) electrons. The third-order valence-corrected chi connectivity index (χ3v) is 3.51. The molecule has 13 heavy (non-hydrogen) atoms. The first-order valence-electron chi connectivity index (χ1n) is 5.57. The molecule has 1 aliphatic rings. The third-order valence-electron chi connectivity index (χ3n) is 3.20. The van der Waals surface area contributed by atoms with Gasteiger partial charge in [-0.25, -0.2) is 0 Å². The number of rotatable bonds is 5. The van der Waals surface area contributed by atoms with Crippen LogP contribution < -0.4 is 0 Å². The van der Waals surface area contributed by atoms with Gasteiger partial charge >= 0.3 is 0 Å². The lowest BCUT2D eigenvalue weighted by Crippen LogP contribution is -2.21. The largest absolute Gasteiger partial charge is 0.303 e. The molecule has 1 nitrogen and oxygen atoms in total. The Labute approximate surface area is 88.3 Å². The van der Waals surface area contributed by atoms with Crippen molar-refractivity contribution in [2.24, 2.45) is 11.8 Å². The average Bonchev–Trinajstić information content (AvgIpc) is 2.41. The van der Waals surface area contributed by atoms with Crippen LogP contribution in [0.5, 0.6) is 0 Å². The molecular formula is C11H23NS. The van der Waals surface area contributed by atoms with E-state index in [0.717, 1.165) is 17.6 Å². The molecule has 0 N–H and O–H groups in total. The van der Waals surface area contributed by atoms with Gasteiger partial charge in [-0.1, -0.05) is 20.3 Å². The summed E-state index contributed by atoms with van der Waals surface area (Å²) in [6.07, 6.45) is 3.99. The molecule has 0 aromatic rings. The maximum Gasteiger partial charge on any atom is 0.00102 e. The van der Waals surface area contributed by atoms with Gasteiger partial charge in [-0.3, -0.25) is 0 Å². The SMILES string of the molecule is CC1CN(CCCCCS)CC1C. The summed E-state index contributed by atoms with van der Waals surface area (Å²) >= 11 is 4.22. The molecule has 0 amide bonds. The fraction of sp³-hybridized carbons (Fsp3) is 1.00. The number of unbranched alkanes of at least 4 members (excludes halogenated alkanes) is 2. The molecular weight excluding hydrogens is 178 g/mol. The summed E-state index contributed by atoms with van der Waals surface area (Å²) in [4.78, 5) is 2.62.